The lowest BCUT2D eigenvalue weighted by Gasteiger charge is -2.32. The summed E-state index contributed by atoms with van der Waals surface area (Å²) in [4.78, 5) is 17.6. The van der Waals surface area contributed by atoms with Crippen molar-refractivity contribution in [2.45, 2.75) is 31.7 Å². The summed E-state index contributed by atoms with van der Waals surface area (Å²) >= 11 is 0. The molecule has 0 saturated carbocycles. The molecular weight excluding hydrogens is 331 g/mol. The minimum atomic E-state index is -3.06. The maximum Gasteiger partial charge on any atom is 0.232 e. The molecule has 1 N–H and O–H groups in total. The van der Waals surface area contributed by atoms with Gasteiger partial charge < -0.3 is 9.88 Å². The van der Waals surface area contributed by atoms with E-state index in [1.54, 1.807) is 33.2 Å². The number of nitrogens with one attached hydrogen (secondary N) is 1. The lowest BCUT2D eigenvalue weighted by atomic mass is 9.82. The fraction of sp³-hybridized carbons (Fsp3) is 0.471. The fourth-order valence-corrected chi connectivity index (χ4v) is 5.19. The smallest absolute Gasteiger partial charge is 0.232 e. The van der Waals surface area contributed by atoms with E-state index in [4.69, 9.17) is 0 Å². The average molecular weight is 352 g/mol. The molecule has 1 aliphatic rings. The number of amides is 1. The number of fused-ring (bicyclic) bond motifs is 1. The summed E-state index contributed by atoms with van der Waals surface area (Å²) < 4.78 is 36.9. The number of carbonyl (C=O) groups excluding carboxylic acids is 1. The first-order chi connectivity index (χ1) is 11.1. The van der Waals surface area contributed by atoms with Crippen LogP contribution in [0.15, 0.2) is 24.4 Å². The van der Waals surface area contributed by atoms with E-state index in [-0.39, 0.29) is 29.3 Å². The number of rotatable bonds is 3. The highest BCUT2D eigenvalue weighted by Crippen LogP contribution is 2.33. The van der Waals surface area contributed by atoms with Gasteiger partial charge in [0.05, 0.1) is 16.9 Å². The zero-order chi connectivity index (χ0) is 17.7. The molecule has 0 radical (unpaired) electrons. The third-order valence-electron chi connectivity index (χ3n) is 4.93. The van der Waals surface area contributed by atoms with E-state index in [2.05, 4.69) is 4.98 Å². The Morgan fingerprint density at radius 2 is 2.08 bits per heavy atom. The van der Waals surface area contributed by atoms with E-state index >= 15 is 0 Å². The summed E-state index contributed by atoms with van der Waals surface area (Å²) in [7, 11) is -1.42. The molecule has 0 bridgehead atoms. The molecule has 2 heterocycles. The summed E-state index contributed by atoms with van der Waals surface area (Å²) in [5.41, 5.74) is 0.570. The Morgan fingerprint density at radius 1 is 1.38 bits per heavy atom. The third kappa shape index (κ3) is 2.81. The molecule has 24 heavy (non-hydrogen) atoms. The predicted octanol–water partition coefficient (Wildman–Crippen LogP) is 2.23. The summed E-state index contributed by atoms with van der Waals surface area (Å²) in [6, 6.07) is 4.12. The molecule has 2 aromatic rings. The lowest BCUT2D eigenvalue weighted by Crippen LogP contribution is -2.46. The highest BCUT2D eigenvalue weighted by molar-refractivity contribution is 7.91. The van der Waals surface area contributed by atoms with Crippen molar-refractivity contribution in [3.63, 3.8) is 0 Å². The molecule has 1 aromatic heterocycles. The number of benzene rings is 1. The number of likely N-dealkylation sites (N-methyl/N-ethyl adjacent to an activating group) is 1. The van der Waals surface area contributed by atoms with Crippen LogP contribution in [0.25, 0.3) is 10.9 Å². The van der Waals surface area contributed by atoms with Crippen molar-refractivity contribution in [2.24, 2.45) is 0 Å². The van der Waals surface area contributed by atoms with Crippen LogP contribution < -0.4 is 0 Å². The molecule has 0 aliphatic carbocycles. The SMILES string of the molecule is CN(C(=O)C(C)(C)c1c[nH]c2ccc(F)cc12)C1CCS(=O)(=O)C1. The third-order valence-corrected chi connectivity index (χ3v) is 6.68. The van der Waals surface area contributed by atoms with Crippen molar-refractivity contribution >= 4 is 26.6 Å². The van der Waals surface area contributed by atoms with Gasteiger partial charge >= 0.3 is 0 Å². The number of halogens is 1. The molecule has 3 rings (SSSR count). The maximum absolute atomic E-state index is 13.6. The number of nitrogens with zero attached hydrogens (tertiary/aromatic N) is 1. The van der Waals surface area contributed by atoms with Crippen molar-refractivity contribution in [3.05, 3.63) is 35.8 Å². The molecule has 1 atom stereocenters. The van der Waals surface area contributed by atoms with Crippen LogP contribution in [-0.2, 0) is 20.0 Å². The van der Waals surface area contributed by atoms with Crippen LogP contribution in [-0.4, -0.2) is 48.8 Å². The predicted molar refractivity (Wildman–Crippen MR) is 91.1 cm³/mol. The van der Waals surface area contributed by atoms with Crippen LogP contribution in [0.1, 0.15) is 25.8 Å². The van der Waals surface area contributed by atoms with E-state index in [1.807, 2.05) is 0 Å². The Bertz CT molecular complexity index is 902. The van der Waals surface area contributed by atoms with Crippen LogP contribution in [0.2, 0.25) is 0 Å². The lowest BCUT2D eigenvalue weighted by molar-refractivity contribution is -0.136. The normalized spacial score (nSPS) is 20.4. The van der Waals surface area contributed by atoms with E-state index in [9.17, 15) is 17.6 Å². The molecule has 1 amide bonds. The monoisotopic (exact) mass is 352 g/mol. The first-order valence-electron chi connectivity index (χ1n) is 7.86. The summed E-state index contributed by atoms with van der Waals surface area (Å²) in [5.74, 6) is -0.404. The Hall–Kier alpha value is -1.89. The van der Waals surface area contributed by atoms with Crippen LogP contribution in [0.4, 0.5) is 4.39 Å². The molecule has 5 nitrogen and oxygen atoms in total. The van der Waals surface area contributed by atoms with Gasteiger partial charge in [-0.25, -0.2) is 12.8 Å². The second-order valence-electron chi connectivity index (χ2n) is 6.99. The van der Waals surface area contributed by atoms with Crippen LogP contribution in [0.5, 0.6) is 0 Å². The van der Waals surface area contributed by atoms with Crippen molar-refractivity contribution in [1.29, 1.82) is 0 Å². The minimum absolute atomic E-state index is 0.00777. The standard InChI is InChI=1S/C17H21FN2O3S/c1-17(2,14-9-19-15-5-4-11(18)8-13(14)15)16(21)20(3)12-6-7-24(22,23)10-12/h4-5,8-9,12,19H,6-7,10H2,1-3H3. The molecule has 130 valence electrons. The summed E-state index contributed by atoms with van der Waals surface area (Å²) in [6.07, 6.45) is 2.18. The first-order valence-corrected chi connectivity index (χ1v) is 9.69. The second kappa shape index (κ2) is 5.58. The van der Waals surface area contributed by atoms with Crippen LogP contribution in [0.3, 0.4) is 0 Å². The highest BCUT2D eigenvalue weighted by atomic mass is 32.2. The van der Waals surface area contributed by atoms with Gasteiger partial charge in [-0.05, 0) is 44.0 Å². The van der Waals surface area contributed by atoms with E-state index in [0.29, 0.717) is 17.4 Å². The number of aromatic amines is 1. The number of aromatic nitrogens is 1. The summed E-state index contributed by atoms with van der Waals surface area (Å²) in [6.45, 7) is 3.56. The Morgan fingerprint density at radius 3 is 2.71 bits per heavy atom. The Labute approximate surface area is 140 Å². The van der Waals surface area contributed by atoms with Gasteiger partial charge in [0.15, 0.2) is 9.84 Å². The number of hydrogen-bond acceptors (Lipinski definition) is 3. The number of sulfone groups is 1. The van der Waals surface area contributed by atoms with Crippen molar-refractivity contribution < 1.29 is 17.6 Å². The van der Waals surface area contributed by atoms with Crippen molar-refractivity contribution in [2.75, 3.05) is 18.6 Å². The minimum Gasteiger partial charge on any atom is -0.361 e. The maximum atomic E-state index is 13.6. The molecule has 0 spiro atoms. The van der Waals surface area contributed by atoms with Crippen molar-refractivity contribution in [1.82, 2.24) is 9.88 Å². The first kappa shape index (κ1) is 17.0. The van der Waals surface area contributed by atoms with Crippen LogP contribution >= 0.6 is 0 Å². The summed E-state index contributed by atoms with van der Waals surface area (Å²) in [5, 5.41) is 0.667. The van der Waals surface area contributed by atoms with Crippen molar-refractivity contribution in [3.8, 4) is 0 Å². The Kier molecular flexibility index (Phi) is 3.94. The quantitative estimate of drug-likeness (QED) is 0.921. The van der Waals surface area contributed by atoms with Gasteiger partial charge in [0.1, 0.15) is 5.82 Å². The molecule has 1 unspecified atom stereocenters. The number of hydrogen-bond donors (Lipinski definition) is 1. The zero-order valence-corrected chi connectivity index (χ0v) is 14.8. The molecular formula is C17H21FN2O3S. The Balaban J connectivity index is 1.94. The van der Waals surface area contributed by atoms with Gasteiger partial charge in [0.25, 0.3) is 0 Å². The topological polar surface area (TPSA) is 70.2 Å². The molecule has 1 aromatic carbocycles. The average Bonchev–Trinajstić information content (AvgIpc) is 3.08. The van der Waals surface area contributed by atoms with E-state index in [0.717, 1.165) is 5.52 Å². The largest absolute Gasteiger partial charge is 0.361 e. The van der Waals surface area contributed by atoms with Gasteiger partial charge in [-0.1, -0.05) is 0 Å². The second-order valence-corrected chi connectivity index (χ2v) is 9.22. The van der Waals surface area contributed by atoms with E-state index < -0.39 is 15.3 Å². The zero-order valence-electron chi connectivity index (χ0n) is 14.0. The molecule has 7 heteroatoms. The van der Waals surface area contributed by atoms with Gasteiger partial charge in [0, 0.05) is 30.2 Å². The fourth-order valence-electron chi connectivity index (χ4n) is 3.41. The number of carbonyl (C=O) groups is 1. The van der Waals surface area contributed by atoms with Gasteiger partial charge in [0.2, 0.25) is 5.91 Å². The van der Waals surface area contributed by atoms with E-state index in [1.165, 1.54) is 17.0 Å². The molecule has 1 fully saturated rings. The number of H-pyrrole nitrogens is 1. The van der Waals surface area contributed by atoms with Gasteiger partial charge in [-0.3, -0.25) is 4.79 Å². The molecule has 1 saturated heterocycles. The highest BCUT2D eigenvalue weighted by Gasteiger charge is 2.40. The van der Waals surface area contributed by atoms with Crippen LogP contribution in [0, 0.1) is 5.82 Å². The van der Waals surface area contributed by atoms with Gasteiger partial charge in [-0.2, -0.15) is 0 Å². The van der Waals surface area contributed by atoms with Gasteiger partial charge in [-0.15, -0.1) is 0 Å². The molecule has 1 aliphatic heterocycles.